The largest absolute Gasteiger partial charge is 0.459 e. The van der Waals surface area contributed by atoms with Gasteiger partial charge in [-0.3, -0.25) is 9.59 Å². The molecular formula is C20H24N2O8. The van der Waals surface area contributed by atoms with Crippen LogP contribution in [0.5, 0.6) is 0 Å². The number of alkyl carbamates (subject to hydrolysis) is 1. The number of esters is 1. The Morgan fingerprint density at radius 3 is 2.23 bits per heavy atom. The highest BCUT2D eigenvalue weighted by Crippen LogP contribution is 2.14. The first kappa shape index (κ1) is 22.9. The third-order valence-electron chi connectivity index (χ3n) is 3.77. The minimum Gasteiger partial charge on any atom is -0.459 e. The molecule has 1 aliphatic heterocycles. The molecule has 1 aliphatic rings. The molecule has 1 aromatic carbocycles. The fraction of sp³-hybridized carbons (Fsp3) is 0.450. The number of benzene rings is 1. The zero-order chi connectivity index (χ0) is 22.3. The summed E-state index contributed by atoms with van der Waals surface area (Å²) < 4.78 is 10.3. The van der Waals surface area contributed by atoms with Gasteiger partial charge in [-0.15, -0.1) is 5.06 Å². The summed E-state index contributed by atoms with van der Waals surface area (Å²) in [6.07, 6.45) is -1.73. The van der Waals surface area contributed by atoms with Crippen molar-refractivity contribution >= 4 is 29.8 Å². The van der Waals surface area contributed by atoms with Crippen LogP contribution >= 0.6 is 0 Å². The lowest BCUT2D eigenvalue weighted by Crippen LogP contribution is -2.46. The average Bonchev–Trinajstić information content (AvgIpc) is 2.97. The fourth-order valence-corrected chi connectivity index (χ4v) is 2.44. The average molecular weight is 420 g/mol. The Labute approximate surface area is 173 Å². The van der Waals surface area contributed by atoms with Crippen molar-refractivity contribution in [3.63, 3.8) is 0 Å². The first-order chi connectivity index (χ1) is 14.0. The van der Waals surface area contributed by atoms with Crippen LogP contribution in [0, 0.1) is 0 Å². The number of rotatable bonds is 7. The highest BCUT2D eigenvalue weighted by atomic mass is 16.7. The van der Waals surface area contributed by atoms with Crippen LogP contribution in [-0.2, 0) is 40.1 Å². The maximum Gasteiger partial charge on any atom is 0.408 e. The molecule has 1 fully saturated rings. The molecule has 1 saturated heterocycles. The summed E-state index contributed by atoms with van der Waals surface area (Å²) in [6.45, 7) is 4.82. The smallest absolute Gasteiger partial charge is 0.408 e. The van der Waals surface area contributed by atoms with Crippen molar-refractivity contribution in [2.45, 2.75) is 58.3 Å². The summed E-state index contributed by atoms with van der Waals surface area (Å²) in [5.41, 5.74) is -0.130. The van der Waals surface area contributed by atoms with Crippen LogP contribution in [0.25, 0.3) is 0 Å². The predicted octanol–water partition coefficient (Wildman–Crippen LogP) is 1.62. The second-order valence-corrected chi connectivity index (χ2v) is 7.54. The molecule has 30 heavy (non-hydrogen) atoms. The zero-order valence-corrected chi connectivity index (χ0v) is 17.0. The SMILES string of the molecule is CC(C)(C)OC(=O)NC(CC(=O)ON1C(=O)CCC1=O)C(=O)OCc1ccccc1. The van der Waals surface area contributed by atoms with Gasteiger partial charge in [-0.05, 0) is 26.3 Å². The molecule has 1 atom stereocenters. The van der Waals surface area contributed by atoms with Gasteiger partial charge >= 0.3 is 18.0 Å². The van der Waals surface area contributed by atoms with Crippen molar-refractivity contribution in [2.75, 3.05) is 0 Å². The number of imide groups is 1. The first-order valence-corrected chi connectivity index (χ1v) is 9.32. The molecule has 0 bridgehead atoms. The number of nitrogens with one attached hydrogen (secondary N) is 1. The van der Waals surface area contributed by atoms with Gasteiger partial charge in [0.15, 0.2) is 0 Å². The lowest BCUT2D eigenvalue weighted by molar-refractivity contribution is -0.198. The van der Waals surface area contributed by atoms with Crippen LogP contribution in [-0.4, -0.2) is 46.6 Å². The number of amides is 3. The van der Waals surface area contributed by atoms with Gasteiger partial charge in [-0.1, -0.05) is 30.3 Å². The van der Waals surface area contributed by atoms with Crippen molar-refractivity contribution in [2.24, 2.45) is 0 Å². The molecule has 0 radical (unpaired) electrons. The van der Waals surface area contributed by atoms with E-state index in [2.05, 4.69) is 5.32 Å². The monoisotopic (exact) mass is 420 g/mol. The first-order valence-electron chi connectivity index (χ1n) is 9.32. The number of ether oxygens (including phenoxy) is 2. The third kappa shape index (κ3) is 7.19. The molecule has 0 spiro atoms. The summed E-state index contributed by atoms with van der Waals surface area (Å²) in [5.74, 6) is -3.27. The molecular weight excluding hydrogens is 396 g/mol. The second-order valence-electron chi connectivity index (χ2n) is 7.54. The summed E-state index contributed by atoms with van der Waals surface area (Å²) in [6, 6.07) is 7.37. The topological polar surface area (TPSA) is 128 Å². The Hall–Kier alpha value is -3.43. The Morgan fingerprint density at radius 1 is 1.07 bits per heavy atom. The minimum absolute atomic E-state index is 0.0647. The summed E-state index contributed by atoms with van der Waals surface area (Å²) in [7, 11) is 0. The number of nitrogens with zero attached hydrogens (tertiary/aromatic N) is 1. The standard InChI is InChI=1S/C20H24N2O8/c1-20(2,3)29-19(27)21-14(18(26)28-12-13-7-5-4-6-8-13)11-17(25)30-22-15(23)9-10-16(22)24/h4-8,14H,9-12H2,1-3H3,(H,21,27). The van der Waals surface area contributed by atoms with Gasteiger partial charge in [0.2, 0.25) is 0 Å². The lowest BCUT2D eigenvalue weighted by Gasteiger charge is -2.23. The predicted molar refractivity (Wildman–Crippen MR) is 101 cm³/mol. The maximum absolute atomic E-state index is 12.5. The van der Waals surface area contributed by atoms with E-state index in [-0.39, 0.29) is 19.4 Å². The Bertz CT molecular complexity index is 800. The van der Waals surface area contributed by atoms with Crippen LogP contribution in [0.4, 0.5) is 4.79 Å². The molecule has 162 valence electrons. The Morgan fingerprint density at radius 2 is 1.67 bits per heavy atom. The molecule has 0 saturated carbocycles. The maximum atomic E-state index is 12.5. The van der Waals surface area contributed by atoms with Gasteiger partial charge < -0.3 is 19.6 Å². The van der Waals surface area contributed by atoms with Gasteiger partial charge in [-0.25, -0.2) is 14.4 Å². The third-order valence-corrected chi connectivity index (χ3v) is 3.77. The van der Waals surface area contributed by atoms with Crippen LogP contribution in [0.2, 0.25) is 0 Å². The quantitative estimate of drug-likeness (QED) is 0.521. The van der Waals surface area contributed by atoms with Gasteiger partial charge in [0.05, 0.1) is 6.42 Å². The summed E-state index contributed by atoms with van der Waals surface area (Å²) in [4.78, 5) is 64.6. The van der Waals surface area contributed by atoms with Crippen LogP contribution < -0.4 is 5.32 Å². The second kappa shape index (κ2) is 9.86. The Balaban J connectivity index is 2.02. The van der Waals surface area contributed by atoms with E-state index >= 15 is 0 Å². The molecule has 1 unspecified atom stereocenters. The van der Waals surface area contributed by atoms with E-state index in [1.165, 1.54) is 0 Å². The van der Waals surface area contributed by atoms with Crippen molar-refractivity contribution in [1.29, 1.82) is 0 Å². The lowest BCUT2D eigenvalue weighted by atomic mass is 10.2. The van der Waals surface area contributed by atoms with Crippen LogP contribution in [0.3, 0.4) is 0 Å². The molecule has 0 aromatic heterocycles. The molecule has 10 heteroatoms. The fourth-order valence-electron chi connectivity index (χ4n) is 2.44. The number of carbonyl (C=O) groups excluding carboxylic acids is 5. The van der Waals surface area contributed by atoms with E-state index in [0.717, 1.165) is 0 Å². The van der Waals surface area contributed by atoms with Crippen LogP contribution in [0.15, 0.2) is 30.3 Å². The number of hydrogen-bond donors (Lipinski definition) is 1. The number of hydroxylamine groups is 2. The molecule has 2 rings (SSSR count). The molecule has 10 nitrogen and oxygen atoms in total. The van der Waals surface area contributed by atoms with E-state index in [1.807, 2.05) is 0 Å². The van der Waals surface area contributed by atoms with Crippen molar-refractivity contribution in [1.82, 2.24) is 10.4 Å². The van der Waals surface area contributed by atoms with Gasteiger partial charge in [0.25, 0.3) is 11.8 Å². The number of hydrogen-bond acceptors (Lipinski definition) is 8. The van der Waals surface area contributed by atoms with Crippen molar-refractivity contribution < 1.29 is 38.3 Å². The van der Waals surface area contributed by atoms with Gasteiger partial charge in [0, 0.05) is 12.8 Å². The molecule has 1 aromatic rings. The molecule has 1 heterocycles. The summed E-state index contributed by atoms with van der Waals surface area (Å²) >= 11 is 0. The van der Waals surface area contributed by atoms with Gasteiger partial charge in [0.1, 0.15) is 18.2 Å². The normalized spacial score (nSPS) is 14.8. The van der Waals surface area contributed by atoms with E-state index in [9.17, 15) is 24.0 Å². The molecule has 0 aliphatic carbocycles. The van der Waals surface area contributed by atoms with Crippen LogP contribution in [0.1, 0.15) is 45.6 Å². The Kier molecular flexibility index (Phi) is 7.51. The van der Waals surface area contributed by atoms with E-state index in [4.69, 9.17) is 14.3 Å². The van der Waals surface area contributed by atoms with E-state index < -0.39 is 47.9 Å². The molecule has 1 N–H and O–H groups in total. The van der Waals surface area contributed by atoms with Gasteiger partial charge in [-0.2, -0.15) is 0 Å². The highest BCUT2D eigenvalue weighted by molar-refractivity contribution is 6.01. The van der Waals surface area contributed by atoms with Crippen molar-refractivity contribution in [3.8, 4) is 0 Å². The van der Waals surface area contributed by atoms with E-state index in [1.54, 1.807) is 51.1 Å². The zero-order valence-electron chi connectivity index (χ0n) is 17.0. The van der Waals surface area contributed by atoms with Crippen molar-refractivity contribution in [3.05, 3.63) is 35.9 Å². The minimum atomic E-state index is -1.44. The molecule has 3 amide bonds. The summed E-state index contributed by atoms with van der Waals surface area (Å²) in [5, 5.41) is 2.63. The van der Waals surface area contributed by atoms with E-state index in [0.29, 0.717) is 10.6 Å². The highest BCUT2D eigenvalue weighted by Gasteiger charge is 2.35. The number of carbonyl (C=O) groups is 5.